The minimum atomic E-state index is -0.277. The summed E-state index contributed by atoms with van der Waals surface area (Å²) in [6.45, 7) is 0.441. The first kappa shape index (κ1) is 16.3. The second-order valence-corrected chi connectivity index (χ2v) is 5.92. The Bertz CT molecular complexity index is 749. The largest absolute Gasteiger partial charge is 0.493 e. The van der Waals surface area contributed by atoms with E-state index in [-0.39, 0.29) is 24.4 Å². The van der Waals surface area contributed by atoms with Gasteiger partial charge in [-0.3, -0.25) is 9.59 Å². The van der Waals surface area contributed by atoms with Gasteiger partial charge in [0.25, 0.3) is 5.91 Å². The van der Waals surface area contributed by atoms with Gasteiger partial charge in [0.05, 0.1) is 19.2 Å². The molecule has 1 atom stereocenters. The van der Waals surface area contributed by atoms with E-state index in [1.807, 2.05) is 6.07 Å². The number of hydrogen-bond donors (Lipinski definition) is 2. The average Bonchev–Trinajstić information content (AvgIpc) is 2.61. The van der Waals surface area contributed by atoms with E-state index in [0.717, 1.165) is 11.3 Å². The van der Waals surface area contributed by atoms with Crippen molar-refractivity contribution in [2.45, 2.75) is 12.5 Å². The first-order valence-corrected chi connectivity index (χ1v) is 8.06. The molecule has 0 saturated carbocycles. The fraction of sp³-hybridized carbons (Fsp3) is 0.222. The average molecular weight is 345 g/mol. The van der Waals surface area contributed by atoms with Crippen molar-refractivity contribution in [2.24, 2.45) is 0 Å². The van der Waals surface area contributed by atoms with Crippen LogP contribution in [-0.2, 0) is 4.79 Å². The van der Waals surface area contributed by atoms with E-state index in [0.29, 0.717) is 23.6 Å². The SMILES string of the molecule is O=C(CNC(=O)c1ccccc1)NC1CCOc2ccc(Cl)cc21. The normalized spacial score (nSPS) is 15.8. The summed E-state index contributed by atoms with van der Waals surface area (Å²) in [5, 5.41) is 6.13. The van der Waals surface area contributed by atoms with Crippen LogP contribution in [0.15, 0.2) is 48.5 Å². The van der Waals surface area contributed by atoms with Crippen LogP contribution in [0.4, 0.5) is 0 Å². The molecular formula is C18H17ClN2O3. The quantitative estimate of drug-likeness (QED) is 0.896. The third kappa shape index (κ3) is 3.86. The molecule has 2 aromatic rings. The molecule has 3 rings (SSSR count). The monoisotopic (exact) mass is 344 g/mol. The lowest BCUT2D eigenvalue weighted by Crippen LogP contribution is -2.40. The van der Waals surface area contributed by atoms with Gasteiger partial charge in [-0.15, -0.1) is 0 Å². The van der Waals surface area contributed by atoms with Crippen molar-refractivity contribution in [1.82, 2.24) is 10.6 Å². The summed E-state index contributed by atoms with van der Waals surface area (Å²) in [7, 11) is 0. The molecule has 0 spiro atoms. The molecule has 0 bridgehead atoms. The molecule has 0 aromatic heterocycles. The topological polar surface area (TPSA) is 67.4 Å². The minimum Gasteiger partial charge on any atom is -0.493 e. The third-order valence-corrected chi connectivity index (χ3v) is 4.03. The maximum Gasteiger partial charge on any atom is 0.251 e. The van der Waals surface area contributed by atoms with Crippen molar-refractivity contribution >= 4 is 23.4 Å². The fourth-order valence-corrected chi connectivity index (χ4v) is 2.79. The minimum absolute atomic E-state index is 0.0824. The van der Waals surface area contributed by atoms with Gasteiger partial charge in [0.2, 0.25) is 5.91 Å². The van der Waals surface area contributed by atoms with Gasteiger partial charge in [0.15, 0.2) is 0 Å². The Kier molecular flexibility index (Phi) is 5.01. The molecule has 2 N–H and O–H groups in total. The van der Waals surface area contributed by atoms with Gasteiger partial charge in [-0.1, -0.05) is 29.8 Å². The molecule has 2 amide bonds. The Labute approximate surface area is 145 Å². The standard InChI is InChI=1S/C18H17ClN2O3/c19-13-6-7-16-14(10-13)15(8-9-24-16)21-17(22)11-20-18(23)12-4-2-1-3-5-12/h1-7,10,15H,8-9,11H2,(H,20,23)(H,21,22). The molecule has 24 heavy (non-hydrogen) atoms. The number of benzene rings is 2. The van der Waals surface area contributed by atoms with Gasteiger partial charge in [-0.2, -0.15) is 0 Å². The summed E-state index contributed by atoms with van der Waals surface area (Å²) in [5.74, 6) is 0.197. The number of fused-ring (bicyclic) bond motifs is 1. The number of carbonyl (C=O) groups is 2. The van der Waals surface area contributed by atoms with E-state index in [1.165, 1.54) is 0 Å². The Morgan fingerprint density at radius 3 is 2.75 bits per heavy atom. The molecule has 5 nitrogen and oxygen atoms in total. The zero-order chi connectivity index (χ0) is 16.9. The Morgan fingerprint density at radius 2 is 1.96 bits per heavy atom. The smallest absolute Gasteiger partial charge is 0.251 e. The zero-order valence-electron chi connectivity index (χ0n) is 12.9. The number of ether oxygens (including phenoxy) is 1. The molecule has 2 aromatic carbocycles. The number of nitrogens with one attached hydrogen (secondary N) is 2. The van der Waals surface area contributed by atoms with Crippen molar-refractivity contribution < 1.29 is 14.3 Å². The lowest BCUT2D eigenvalue weighted by Gasteiger charge is -2.27. The van der Waals surface area contributed by atoms with Gasteiger partial charge in [0.1, 0.15) is 5.75 Å². The first-order valence-electron chi connectivity index (χ1n) is 7.68. The molecule has 0 aliphatic carbocycles. The van der Waals surface area contributed by atoms with Crippen LogP contribution >= 0.6 is 11.6 Å². The molecule has 6 heteroatoms. The van der Waals surface area contributed by atoms with E-state index in [2.05, 4.69) is 10.6 Å². The summed E-state index contributed by atoms with van der Waals surface area (Å²) < 4.78 is 5.57. The summed E-state index contributed by atoms with van der Waals surface area (Å²) in [6.07, 6.45) is 0.658. The van der Waals surface area contributed by atoms with Gasteiger partial charge in [0, 0.05) is 22.6 Å². The van der Waals surface area contributed by atoms with Crippen LogP contribution in [0.25, 0.3) is 0 Å². The highest BCUT2D eigenvalue weighted by Crippen LogP contribution is 2.33. The summed E-state index contributed by atoms with van der Waals surface area (Å²) in [5.41, 5.74) is 1.38. The molecule has 1 heterocycles. The van der Waals surface area contributed by atoms with Crippen molar-refractivity contribution in [1.29, 1.82) is 0 Å². The van der Waals surface area contributed by atoms with Gasteiger partial charge in [-0.25, -0.2) is 0 Å². The maximum absolute atomic E-state index is 12.1. The number of carbonyl (C=O) groups excluding carboxylic acids is 2. The molecule has 0 saturated heterocycles. The Hall–Kier alpha value is -2.53. The lowest BCUT2D eigenvalue weighted by atomic mass is 10.0. The van der Waals surface area contributed by atoms with Crippen LogP contribution in [0.3, 0.4) is 0 Å². The summed E-state index contributed by atoms with van der Waals surface area (Å²) >= 11 is 6.02. The fourth-order valence-electron chi connectivity index (χ4n) is 2.61. The molecule has 124 valence electrons. The second-order valence-electron chi connectivity index (χ2n) is 5.49. The summed E-state index contributed by atoms with van der Waals surface area (Å²) in [6, 6.07) is 14.0. The van der Waals surface area contributed by atoms with Crippen molar-refractivity contribution in [3.8, 4) is 5.75 Å². The predicted octanol–water partition coefficient (Wildman–Crippen LogP) is 2.71. The van der Waals surface area contributed by atoms with Gasteiger partial charge < -0.3 is 15.4 Å². The van der Waals surface area contributed by atoms with Crippen molar-refractivity contribution in [3.05, 3.63) is 64.7 Å². The second kappa shape index (κ2) is 7.36. The molecule has 0 fully saturated rings. The predicted molar refractivity (Wildman–Crippen MR) is 91.2 cm³/mol. The zero-order valence-corrected chi connectivity index (χ0v) is 13.7. The number of amides is 2. The van der Waals surface area contributed by atoms with E-state index in [9.17, 15) is 9.59 Å². The Morgan fingerprint density at radius 1 is 1.17 bits per heavy atom. The van der Waals surface area contributed by atoms with Crippen molar-refractivity contribution in [3.63, 3.8) is 0 Å². The lowest BCUT2D eigenvalue weighted by molar-refractivity contribution is -0.121. The van der Waals surface area contributed by atoms with E-state index >= 15 is 0 Å². The van der Waals surface area contributed by atoms with Crippen LogP contribution in [0.2, 0.25) is 5.02 Å². The molecule has 1 unspecified atom stereocenters. The maximum atomic E-state index is 12.1. The number of rotatable bonds is 4. The first-order chi connectivity index (χ1) is 11.6. The molecule has 1 aliphatic rings. The van der Waals surface area contributed by atoms with E-state index in [4.69, 9.17) is 16.3 Å². The van der Waals surface area contributed by atoms with E-state index < -0.39 is 0 Å². The van der Waals surface area contributed by atoms with Crippen LogP contribution in [-0.4, -0.2) is 25.0 Å². The van der Waals surface area contributed by atoms with Gasteiger partial charge in [-0.05, 0) is 30.3 Å². The van der Waals surface area contributed by atoms with Gasteiger partial charge >= 0.3 is 0 Å². The highest BCUT2D eigenvalue weighted by Gasteiger charge is 2.23. The van der Waals surface area contributed by atoms with E-state index in [1.54, 1.807) is 42.5 Å². The number of halogens is 1. The van der Waals surface area contributed by atoms with Crippen LogP contribution in [0.5, 0.6) is 5.75 Å². The third-order valence-electron chi connectivity index (χ3n) is 3.79. The Balaban J connectivity index is 1.58. The molecule has 1 aliphatic heterocycles. The van der Waals surface area contributed by atoms with Crippen LogP contribution < -0.4 is 15.4 Å². The van der Waals surface area contributed by atoms with Crippen LogP contribution in [0.1, 0.15) is 28.4 Å². The molecular weight excluding hydrogens is 328 g/mol. The highest BCUT2D eigenvalue weighted by molar-refractivity contribution is 6.30. The molecule has 0 radical (unpaired) electrons. The summed E-state index contributed by atoms with van der Waals surface area (Å²) in [4.78, 5) is 24.1. The highest BCUT2D eigenvalue weighted by atomic mass is 35.5. The number of hydrogen-bond acceptors (Lipinski definition) is 3. The van der Waals surface area contributed by atoms with Crippen LogP contribution in [0, 0.1) is 0 Å². The van der Waals surface area contributed by atoms with Crippen molar-refractivity contribution in [2.75, 3.05) is 13.2 Å².